The van der Waals surface area contributed by atoms with E-state index in [1.807, 2.05) is 13.8 Å². The lowest BCUT2D eigenvalue weighted by molar-refractivity contribution is -0.128. The van der Waals surface area contributed by atoms with Gasteiger partial charge in [-0.3, -0.25) is 4.79 Å². The van der Waals surface area contributed by atoms with E-state index in [-0.39, 0.29) is 10.9 Å². The largest absolute Gasteiger partial charge is 0.359 e. The third-order valence-electron chi connectivity index (χ3n) is 2.76. The molecule has 0 unspecified atom stereocenters. The quantitative estimate of drug-likeness (QED) is 0.864. The summed E-state index contributed by atoms with van der Waals surface area (Å²) >= 11 is 5.84. The number of nitrogens with one attached hydrogen (secondary N) is 2. The first-order chi connectivity index (χ1) is 8.38. The summed E-state index contributed by atoms with van der Waals surface area (Å²) in [6, 6.07) is 4.69. The van der Waals surface area contributed by atoms with E-state index >= 15 is 0 Å². The van der Waals surface area contributed by atoms with E-state index in [9.17, 15) is 9.18 Å². The van der Waals surface area contributed by atoms with Gasteiger partial charge in [0.15, 0.2) is 0 Å². The van der Waals surface area contributed by atoms with Gasteiger partial charge >= 0.3 is 0 Å². The number of halogens is 2. The van der Waals surface area contributed by atoms with Crippen LogP contribution in [0.2, 0.25) is 5.02 Å². The third kappa shape index (κ3) is 3.68. The van der Waals surface area contributed by atoms with Crippen molar-refractivity contribution in [2.45, 2.75) is 20.4 Å². The number of rotatable bonds is 5. The van der Waals surface area contributed by atoms with Crippen molar-refractivity contribution in [3.05, 3.63) is 34.6 Å². The van der Waals surface area contributed by atoms with Crippen LogP contribution in [0.4, 0.5) is 4.39 Å². The lowest BCUT2D eigenvalue weighted by Crippen LogP contribution is -2.41. The van der Waals surface area contributed by atoms with E-state index in [0.717, 1.165) is 0 Å². The summed E-state index contributed by atoms with van der Waals surface area (Å²) in [4.78, 5) is 11.6. The average molecular weight is 273 g/mol. The topological polar surface area (TPSA) is 41.1 Å². The highest BCUT2D eigenvalue weighted by atomic mass is 35.5. The Morgan fingerprint density at radius 1 is 1.44 bits per heavy atom. The van der Waals surface area contributed by atoms with E-state index < -0.39 is 11.2 Å². The molecule has 5 heteroatoms. The number of carbonyl (C=O) groups excluding carboxylic acids is 1. The number of amides is 1. The molecule has 2 N–H and O–H groups in total. The molecule has 100 valence electrons. The molecule has 0 saturated carbocycles. The van der Waals surface area contributed by atoms with Crippen LogP contribution in [0.5, 0.6) is 0 Å². The normalized spacial score (nSPS) is 11.4. The van der Waals surface area contributed by atoms with Crippen LogP contribution in [0.25, 0.3) is 0 Å². The number of hydrogen-bond donors (Lipinski definition) is 2. The highest BCUT2D eigenvalue weighted by Crippen LogP contribution is 2.20. The highest BCUT2D eigenvalue weighted by molar-refractivity contribution is 6.31. The maximum Gasteiger partial charge on any atom is 0.226 e. The lowest BCUT2D eigenvalue weighted by atomic mass is 9.92. The van der Waals surface area contributed by atoms with Crippen LogP contribution >= 0.6 is 11.6 Å². The summed E-state index contributed by atoms with van der Waals surface area (Å²) in [6.07, 6.45) is 0. The molecule has 1 aromatic carbocycles. The lowest BCUT2D eigenvalue weighted by Gasteiger charge is -2.23. The van der Waals surface area contributed by atoms with Gasteiger partial charge < -0.3 is 10.6 Å². The predicted octanol–water partition coefficient (Wildman–Crippen LogP) is 2.34. The molecule has 0 aromatic heterocycles. The zero-order valence-corrected chi connectivity index (χ0v) is 11.6. The van der Waals surface area contributed by atoms with Crippen molar-refractivity contribution in [2.75, 3.05) is 13.6 Å². The van der Waals surface area contributed by atoms with Crippen LogP contribution in [0.15, 0.2) is 18.2 Å². The molecule has 0 aliphatic carbocycles. The maximum absolute atomic E-state index is 13.2. The monoisotopic (exact) mass is 272 g/mol. The van der Waals surface area contributed by atoms with Gasteiger partial charge in [0.2, 0.25) is 5.91 Å². The second kappa shape index (κ2) is 6.16. The molecule has 18 heavy (non-hydrogen) atoms. The minimum absolute atomic E-state index is 0.0414. The van der Waals surface area contributed by atoms with Crippen molar-refractivity contribution < 1.29 is 9.18 Å². The first kappa shape index (κ1) is 14.9. The van der Waals surface area contributed by atoms with Gasteiger partial charge in [0.05, 0.1) is 10.4 Å². The van der Waals surface area contributed by atoms with Crippen molar-refractivity contribution in [3.63, 3.8) is 0 Å². The van der Waals surface area contributed by atoms with Crippen LogP contribution in [-0.4, -0.2) is 19.5 Å². The molecule has 1 amide bonds. The average Bonchev–Trinajstić information content (AvgIpc) is 2.33. The van der Waals surface area contributed by atoms with Crippen LogP contribution in [0, 0.1) is 11.2 Å². The van der Waals surface area contributed by atoms with Gasteiger partial charge in [-0.2, -0.15) is 0 Å². The molecule has 0 aliphatic rings. The van der Waals surface area contributed by atoms with Crippen molar-refractivity contribution in [1.82, 2.24) is 10.6 Å². The van der Waals surface area contributed by atoms with Crippen molar-refractivity contribution in [2.24, 2.45) is 5.41 Å². The summed E-state index contributed by atoms with van der Waals surface area (Å²) in [6.45, 7) is 4.59. The minimum atomic E-state index is -0.519. The Morgan fingerprint density at radius 2 is 2.11 bits per heavy atom. The van der Waals surface area contributed by atoms with Gasteiger partial charge in [0.25, 0.3) is 0 Å². The third-order valence-corrected chi connectivity index (χ3v) is 3.18. The van der Waals surface area contributed by atoms with Crippen molar-refractivity contribution in [3.8, 4) is 0 Å². The Hall–Kier alpha value is -1.13. The molecular formula is C13H18ClFN2O. The van der Waals surface area contributed by atoms with Crippen molar-refractivity contribution in [1.29, 1.82) is 0 Å². The highest BCUT2D eigenvalue weighted by Gasteiger charge is 2.25. The summed E-state index contributed by atoms with van der Waals surface area (Å²) in [7, 11) is 1.60. The first-order valence-electron chi connectivity index (χ1n) is 5.74. The van der Waals surface area contributed by atoms with E-state index in [2.05, 4.69) is 10.6 Å². The van der Waals surface area contributed by atoms with Gasteiger partial charge in [-0.05, 0) is 25.5 Å². The van der Waals surface area contributed by atoms with Crippen LogP contribution in [0.3, 0.4) is 0 Å². The fraction of sp³-hybridized carbons (Fsp3) is 0.462. The zero-order valence-electron chi connectivity index (χ0n) is 10.8. The Labute approximate surface area is 112 Å². The second-order valence-electron chi connectivity index (χ2n) is 4.78. The SMILES string of the molecule is CNC(=O)C(C)(C)CNCc1cccc(F)c1Cl. The fourth-order valence-electron chi connectivity index (χ4n) is 1.61. The molecule has 1 aromatic rings. The molecule has 0 aliphatic heterocycles. The Bertz CT molecular complexity index is 435. The van der Waals surface area contributed by atoms with E-state index in [4.69, 9.17) is 11.6 Å². The molecule has 0 spiro atoms. The molecule has 0 heterocycles. The van der Waals surface area contributed by atoms with Crippen LogP contribution in [-0.2, 0) is 11.3 Å². The van der Waals surface area contributed by atoms with Gasteiger partial charge in [-0.15, -0.1) is 0 Å². The van der Waals surface area contributed by atoms with E-state index in [1.54, 1.807) is 19.2 Å². The van der Waals surface area contributed by atoms with Gasteiger partial charge in [0.1, 0.15) is 5.82 Å². The van der Waals surface area contributed by atoms with Crippen LogP contribution < -0.4 is 10.6 Å². The molecule has 0 bridgehead atoms. The number of benzene rings is 1. The fourth-order valence-corrected chi connectivity index (χ4v) is 1.81. The minimum Gasteiger partial charge on any atom is -0.359 e. The van der Waals surface area contributed by atoms with Gasteiger partial charge in [0, 0.05) is 20.1 Å². The van der Waals surface area contributed by atoms with Gasteiger partial charge in [-0.25, -0.2) is 4.39 Å². The number of carbonyl (C=O) groups is 1. The number of hydrogen-bond acceptors (Lipinski definition) is 2. The molecule has 1 rings (SSSR count). The first-order valence-corrected chi connectivity index (χ1v) is 6.12. The van der Waals surface area contributed by atoms with E-state index in [1.165, 1.54) is 6.07 Å². The summed E-state index contributed by atoms with van der Waals surface area (Å²) in [5.41, 5.74) is 0.165. The molecule has 0 radical (unpaired) electrons. The van der Waals surface area contributed by atoms with Gasteiger partial charge in [-0.1, -0.05) is 23.7 Å². The van der Waals surface area contributed by atoms with Crippen LogP contribution in [0.1, 0.15) is 19.4 Å². The standard InChI is InChI=1S/C13H18ClFN2O/c1-13(2,12(18)16-3)8-17-7-9-5-4-6-10(15)11(9)14/h4-6,17H,7-8H2,1-3H3,(H,16,18). The van der Waals surface area contributed by atoms with Crippen molar-refractivity contribution >= 4 is 17.5 Å². The smallest absolute Gasteiger partial charge is 0.226 e. The maximum atomic E-state index is 13.2. The molecular weight excluding hydrogens is 255 g/mol. The zero-order chi connectivity index (χ0) is 13.8. The summed E-state index contributed by atoms with van der Waals surface area (Å²) in [5.74, 6) is -0.470. The molecule has 0 fully saturated rings. The predicted molar refractivity (Wildman–Crippen MR) is 71.0 cm³/mol. The van der Waals surface area contributed by atoms with E-state index in [0.29, 0.717) is 18.7 Å². The Morgan fingerprint density at radius 3 is 2.72 bits per heavy atom. The Balaban J connectivity index is 2.57. The molecule has 3 nitrogen and oxygen atoms in total. The summed E-state index contributed by atoms with van der Waals surface area (Å²) < 4.78 is 13.2. The molecule has 0 saturated heterocycles. The molecule has 0 atom stereocenters. The Kier molecular flexibility index (Phi) is 5.11. The summed E-state index contributed by atoms with van der Waals surface area (Å²) in [5, 5.41) is 5.85. The second-order valence-corrected chi connectivity index (χ2v) is 5.16.